The largest absolute Gasteiger partial charge is 0.353 e. The van der Waals surface area contributed by atoms with Gasteiger partial charge in [0.25, 0.3) is 0 Å². The summed E-state index contributed by atoms with van der Waals surface area (Å²) in [7, 11) is -3.43. The molecule has 1 aromatic heterocycles. The van der Waals surface area contributed by atoms with Crippen LogP contribution in [0.2, 0.25) is 0 Å². The van der Waals surface area contributed by atoms with Crippen molar-refractivity contribution in [1.82, 2.24) is 14.2 Å². The number of piperidine rings is 1. The fourth-order valence-electron chi connectivity index (χ4n) is 4.71. The van der Waals surface area contributed by atoms with Crippen LogP contribution in [0.3, 0.4) is 0 Å². The molecule has 0 bridgehead atoms. The smallest absolute Gasteiger partial charge is 0.243 e. The number of sulfonamides is 1. The van der Waals surface area contributed by atoms with Crippen molar-refractivity contribution in [3.8, 4) is 0 Å². The van der Waals surface area contributed by atoms with Crippen molar-refractivity contribution >= 4 is 26.8 Å². The highest BCUT2D eigenvalue weighted by molar-refractivity contribution is 7.89. The van der Waals surface area contributed by atoms with E-state index < -0.39 is 10.0 Å². The number of rotatable bonds is 6. The summed E-state index contributed by atoms with van der Waals surface area (Å²) in [4.78, 5) is 12.7. The number of carbonyl (C=O) groups excluding carboxylic acids is 1. The molecule has 0 atom stereocenters. The second-order valence-electron chi connectivity index (χ2n) is 8.97. The number of benzene rings is 1. The number of aryl methyl sites for hydroxylation is 1. The first-order valence-corrected chi connectivity index (χ1v) is 12.8. The highest BCUT2D eigenvalue weighted by Gasteiger charge is 2.26. The number of fused-ring (bicyclic) bond motifs is 1. The zero-order chi connectivity index (χ0) is 21.1. The molecular weight excluding hydrogens is 398 g/mol. The zero-order valence-electron chi connectivity index (χ0n) is 17.8. The lowest BCUT2D eigenvalue weighted by molar-refractivity contribution is -0.122. The third-order valence-corrected chi connectivity index (χ3v) is 8.55. The van der Waals surface area contributed by atoms with Crippen LogP contribution < -0.4 is 5.32 Å². The van der Waals surface area contributed by atoms with E-state index in [9.17, 15) is 13.2 Å². The van der Waals surface area contributed by atoms with Gasteiger partial charge in [0, 0.05) is 49.2 Å². The lowest BCUT2D eigenvalue weighted by Crippen LogP contribution is -2.37. The predicted molar refractivity (Wildman–Crippen MR) is 119 cm³/mol. The first kappa shape index (κ1) is 21.4. The molecule has 7 heteroatoms. The average Bonchev–Trinajstić information content (AvgIpc) is 3.17. The van der Waals surface area contributed by atoms with Crippen molar-refractivity contribution in [3.63, 3.8) is 0 Å². The van der Waals surface area contributed by atoms with Crippen LogP contribution in [-0.4, -0.2) is 42.3 Å². The van der Waals surface area contributed by atoms with Gasteiger partial charge in [-0.05, 0) is 68.7 Å². The Kier molecular flexibility index (Phi) is 6.48. The Morgan fingerprint density at radius 3 is 2.53 bits per heavy atom. The first-order chi connectivity index (χ1) is 14.4. The standard InChI is InChI=1S/C23H33N3O3S/c1-18-5-7-20(8-6-18)24-23(27)12-16-25-15-11-19-17-21(9-10-22(19)25)30(28,29)26-13-3-2-4-14-26/h9-11,15,17-18,20H,2-8,12-14,16H2,1H3,(H,24,27). The van der Waals surface area contributed by atoms with Crippen LogP contribution in [0.1, 0.15) is 58.3 Å². The van der Waals surface area contributed by atoms with Gasteiger partial charge in [0.1, 0.15) is 0 Å². The number of aromatic nitrogens is 1. The maximum absolute atomic E-state index is 12.9. The fraction of sp³-hybridized carbons (Fsp3) is 0.609. The molecule has 2 fully saturated rings. The molecule has 2 aliphatic rings. The van der Waals surface area contributed by atoms with E-state index in [1.54, 1.807) is 16.4 Å². The summed E-state index contributed by atoms with van der Waals surface area (Å²) >= 11 is 0. The van der Waals surface area contributed by atoms with Crippen molar-refractivity contribution in [2.45, 2.75) is 75.8 Å². The lowest BCUT2D eigenvalue weighted by Gasteiger charge is -2.27. The Labute approximate surface area is 179 Å². The van der Waals surface area contributed by atoms with Gasteiger partial charge in [0.2, 0.25) is 15.9 Å². The Bertz CT molecular complexity index is 984. The molecule has 6 nitrogen and oxygen atoms in total. The maximum Gasteiger partial charge on any atom is 0.243 e. The normalized spacial score (nSPS) is 23.5. The Hall–Kier alpha value is -1.86. The topological polar surface area (TPSA) is 71.4 Å². The molecule has 1 aromatic carbocycles. The number of hydrogen-bond acceptors (Lipinski definition) is 3. The van der Waals surface area contributed by atoms with Crippen LogP contribution in [0.5, 0.6) is 0 Å². The second kappa shape index (κ2) is 9.10. The van der Waals surface area contributed by atoms with Crippen molar-refractivity contribution in [1.29, 1.82) is 0 Å². The molecule has 1 aliphatic carbocycles. The van der Waals surface area contributed by atoms with Gasteiger partial charge >= 0.3 is 0 Å². The minimum Gasteiger partial charge on any atom is -0.353 e. The van der Waals surface area contributed by atoms with Crippen LogP contribution in [0, 0.1) is 5.92 Å². The number of nitrogens with one attached hydrogen (secondary N) is 1. The van der Waals surface area contributed by atoms with E-state index in [-0.39, 0.29) is 5.91 Å². The van der Waals surface area contributed by atoms with E-state index >= 15 is 0 Å². The van der Waals surface area contributed by atoms with Crippen LogP contribution in [-0.2, 0) is 21.4 Å². The minimum absolute atomic E-state index is 0.0979. The predicted octanol–water partition coefficient (Wildman–Crippen LogP) is 3.90. The number of amides is 1. The molecule has 2 heterocycles. The Morgan fingerprint density at radius 2 is 1.80 bits per heavy atom. The van der Waals surface area contributed by atoms with Gasteiger partial charge in [-0.25, -0.2) is 8.42 Å². The summed E-state index contributed by atoms with van der Waals surface area (Å²) < 4.78 is 29.5. The summed E-state index contributed by atoms with van der Waals surface area (Å²) in [5.41, 5.74) is 0.965. The highest BCUT2D eigenvalue weighted by atomic mass is 32.2. The van der Waals surface area contributed by atoms with E-state index in [0.717, 1.165) is 48.9 Å². The van der Waals surface area contributed by atoms with E-state index in [4.69, 9.17) is 0 Å². The highest BCUT2D eigenvalue weighted by Crippen LogP contribution is 2.26. The van der Waals surface area contributed by atoms with Gasteiger partial charge in [-0.15, -0.1) is 0 Å². The molecule has 4 rings (SSSR count). The fourth-order valence-corrected chi connectivity index (χ4v) is 6.27. The molecule has 1 saturated heterocycles. The van der Waals surface area contributed by atoms with Gasteiger partial charge < -0.3 is 9.88 Å². The molecular formula is C23H33N3O3S. The monoisotopic (exact) mass is 431 g/mol. The number of carbonyl (C=O) groups is 1. The molecule has 164 valence electrons. The quantitative estimate of drug-likeness (QED) is 0.754. The molecule has 0 spiro atoms. The van der Waals surface area contributed by atoms with Crippen LogP contribution >= 0.6 is 0 Å². The SMILES string of the molecule is CC1CCC(NC(=O)CCn2ccc3cc(S(=O)(=O)N4CCCCC4)ccc32)CC1. The summed E-state index contributed by atoms with van der Waals surface area (Å²) in [5.74, 6) is 0.869. The van der Waals surface area contributed by atoms with Crippen LogP contribution in [0.4, 0.5) is 0 Å². The summed E-state index contributed by atoms with van der Waals surface area (Å²) in [6.45, 7) is 4.09. The zero-order valence-corrected chi connectivity index (χ0v) is 18.7. The van der Waals surface area contributed by atoms with Gasteiger partial charge in [-0.1, -0.05) is 13.3 Å². The first-order valence-electron chi connectivity index (χ1n) is 11.3. The Morgan fingerprint density at radius 1 is 1.07 bits per heavy atom. The molecule has 1 N–H and O–H groups in total. The average molecular weight is 432 g/mol. The summed E-state index contributed by atoms with van der Waals surface area (Å²) in [5, 5.41) is 4.08. The van der Waals surface area contributed by atoms with Crippen LogP contribution in [0.25, 0.3) is 10.9 Å². The molecule has 1 aliphatic heterocycles. The van der Waals surface area contributed by atoms with E-state index in [1.165, 1.54) is 12.8 Å². The van der Waals surface area contributed by atoms with Crippen molar-refractivity contribution in [2.75, 3.05) is 13.1 Å². The van der Waals surface area contributed by atoms with Crippen LogP contribution in [0.15, 0.2) is 35.4 Å². The van der Waals surface area contributed by atoms with E-state index in [1.807, 2.05) is 22.9 Å². The third kappa shape index (κ3) is 4.72. The minimum atomic E-state index is -3.43. The molecule has 0 unspecified atom stereocenters. The van der Waals surface area contributed by atoms with E-state index in [2.05, 4.69) is 12.2 Å². The lowest BCUT2D eigenvalue weighted by atomic mass is 9.87. The molecule has 0 radical (unpaired) electrons. The molecule has 1 saturated carbocycles. The van der Waals surface area contributed by atoms with Gasteiger partial charge in [0.15, 0.2) is 0 Å². The van der Waals surface area contributed by atoms with Crippen molar-refractivity contribution < 1.29 is 13.2 Å². The Balaban J connectivity index is 1.39. The van der Waals surface area contributed by atoms with Gasteiger partial charge in [-0.3, -0.25) is 4.79 Å². The van der Waals surface area contributed by atoms with Gasteiger partial charge in [-0.2, -0.15) is 4.31 Å². The van der Waals surface area contributed by atoms with E-state index in [0.29, 0.717) is 37.0 Å². The molecule has 2 aromatic rings. The van der Waals surface area contributed by atoms with Crippen molar-refractivity contribution in [2.24, 2.45) is 5.92 Å². The second-order valence-corrected chi connectivity index (χ2v) is 10.9. The summed E-state index contributed by atoms with van der Waals surface area (Å²) in [6.07, 6.45) is 9.87. The molecule has 1 amide bonds. The van der Waals surface area contributed by atoms with Gasteiger partial charge in [0.05, 0.1) is 4.90 Å². The van der Waals surface area contributed by atoms with Crippen molar-refractivity contribution in [3.05, 3.63) is 30.5 Å². The number of hydrogen-bond donors (Lipinski definition) is 1. The summed E-state index contributed by atoms with van der Waals surface area (Å²) in [6, 6.07) is 7.58. The number of nitrogens with zero attached hydrogens (tertiary/aromatic N) is 2. The molecule has 30 heavy (non-hydrogen) atoms. The third-order valence-electron chi connectivity index (χ3n) is 6.66. The maximum atomic E-state index is 12.9.